The number of halogens is 4. The Hall–Kier alpha value is -2.82. The van der Waals surface area contributed by atoms with E-state index >= 15 is 0 Å². The molecule has 0 amide bonds. The van der Waals surface area contributed by atoms with Crippen molar-refractivity contribution in [1.82, 2.24) is 9.97 Å². The Morgan fingerprint density at radius 1 is 1.18 bits per heavy atom. The second kappa shape index (κ2) is 6.97. The number of hydrogen-bond donors (Lipinski definition) is 1. The number of imidazole rings is 1. The van der Waals surface area contributed by atoms with Gasteiger partial charge in [-0.15, -0.1) is 13.2 Å². The van der Waals surface area contributed by atoms with E-state index in [1.165, 1.54) is 43.1 Å². The first kappa shape index (κ1) is 19.9. The topological polar surface area (TPSA) is 75.3 Å². The molecule has 28 heavy (non-hydrogen) atoms. The van der Waals surface area contributed by atoms with Crippen molar-refractivity contribution < 1.29 is 30.7 Å². The van der Waals surface area contributed by atoms with Gasteiger partial charge in [0.15, 0.2) is 21.4 Å². The summed E-state index contributed by atoms with van der Waals surface area (Å²) in [6.45, 7) is 1.53. The zero-order valence-corrected chi connectivity index (χ0v) is 15.5. The molecule has 1 aromatic heterocycles. The molecule has 0 radical (unpaired) electrons. The molecule has 0 saturated carbocycles. The van der Waals surface area contributed by atoms with E-state index < -0.39 is 27.8 Å². The number of ether oxygens (including phenoxy) is 1. The number of hydrogen-bond acceptors (Lipinski definition) is 5. The van der Waals surface area contributed by atoms with E-state index in [4.69, 9.17) is 0 Å². The van der Waals surface area contributed by atoms with Crippen LogP contribution in [-0.2, 0) is 9.84 Å². The number of aromatic amines is 1. The zero-order chi connectivity index (χ0) is 20.7. The molecular weight excluding hydrogens is 402 g/mol. The molecule has 0 bridgehead atoms. The summed E-state index contributed by atoms with van der Waals surface area (Å²) in [4.78, 5) is 8.70. The van der Waals surface area contributed by atoms with Gasteiger partial charge < -0.3 is 14.6 Å². The summed E-state index contributed by atoms with van der Waals surface area (Å²) in [5, 5.41) is 0. The van der Waals surface area contributed by atoms with Crippen LogP contribution in [-0.4, -0.2) is 37.5 Å². The fourth-order valence-electron chi connectivity index (χ4n) is 2.52. The second-order valence-corrected chi connectivity index (χ2v) is 8.14. The average molecular weight is 417 g/mol. The Morgan fingerprint density at radius 3 is 2.54 bits per heavy atom. The molecule has 1 heterocycles. The van der Waals surface area contributed by atoms with Crippen molar-refractivity contribution in [2.45, 2.75) is 18.2 Å². The molecule has 0 saturated heterocycles. The second-order valence-electron chi connectivity index (χ2n) is 5.86. The van der Waals surface area contributed by atoms with E-state index in [0.29, 0.717) is 11.0 Å². The van der Waals surface area contributed by atoms with E-state index in [0.717, 1.165) is 12.1 Å². The number of benzene rings is 2. The normalized spacial score (nSPS) is 12.4. The molecule has 1 N–H and O–H groups in total. The average Bonchev–Trinajstić information content (AvgIpc) is 3.05. The predicted molar refractivity (Wildman–Crippen MR) is 95.0 cm³/mol. The van der Waals surface area contributed by atoms with Crippen LogP contribution in [0.25, 0.3) is 11.0 Å². The minimum Gasteiger partial charge on any atom is -0.403 e. The lowest BCUT2D eigenvalue weighted by atomic mass is 10.2. The maximum absolute atomic E-state index is 13.6. The molecule has 0 unspecified atom stereocenters. The van der Waals surface area contributed by atoms with Crippen molar-refractivity contribution in [3.63, 3.8) is 0 Å². The Morgan fingerprint density at radius 2 is 1.89 bits per heavy atom. The van der Waals surface area contributed by atoms with E-state index in [1.54, 1.807) is 0 Å². The monoisotopic (exact) mass is 417 g/mol. The van der Waals surface area contributed by atoms with Gasteiger partial charge in [0.1, 0.15) is 0 Å². The number of nitrogens with zero attached hydrogens (tertiary/aromatic N) is 2. The summed E-state index contributed by atoms with van der Waals surface area (Å²) < 4.78 is 78.5. The highest BCUT2D eigenvalue weighted by atomic mass is 32.2. The third-order valence-corrected chi connectivity index (χ3v) is 5.76. The van der Waals surface area contributed by atoms with E-state index in [2.05, 4.69) is 14.7 Å². The lowest BCUT2D eigenvalue weighted by Crippen LogP contribution is -2.18. The number of aromatic nitrogens is 2. The summed E-state index contributed by atoms with van der Waals surface area (Å²) in [5.74, 6) is -1.96. The first-order valence-electron chi connectivity index (χ1n) is 8.02. The van der Waals surface area contributed by atoms with Crippen molar-refractivity contribution in [2.75, 3.05) is 17.7 Å². The van der Waals surface area contributed by atoms with Gasteiger partial charge in [0.2, 0.25) is 5.95 Å². The largest absolute Gasteiger partial charge is 0.573 e. The molecule has 3 rings (SSSR count). The Kier molecular flexibility index (Phi) is 4.96. The summed E-state index contributed by atoms with van der Waals surface area (Å²) in [7, 11) is -1.90. The van der Waals surface area contributed by atoms with E-state index in [9.17, 15) is 26.0 Å². The smallest absolute Gasteiger partial charge is 0.403 e. The van der Waals surface area contributed by atoms with E-state index in [-0.39, 0.29) is 22.3 Å². The maximum Gasteiger partial charge on any atom is 0.573 e. The molecule has 150 valence electrons. The van der Waals surface area contributed by atoms with Gasteiger partial charge >= 0.3 is 6.36 Å². The number of nitrogens with one attached hydrogen (secondary N) is 1. The van der Waals surface area contributed by atoms with Gasteiger partial charge in [-0.25, -0.2) is 17.8 Å². The highest BCUT2D eigenvalue weighted by molar-refractivity contribution is 7.91. The van der Waals surface area contributed by atoms with Crippen LogP contribution in [0.5, 0.6) is 5.75 Å². The Balaban J connectivity index is 1.97. The molecule has 3 aromatic rings. The van der Waals surface area contributed by atoms with Gasteiger partial charge in [0.05, 0.1) is 21.7 Å². The number of H-pyrrole nitrogens is 1. The Bertz CT molecular complexity index is 1130. The maximum atomic E-state index is 13.6. The van der Waals surface area contributed by atoms with Gasteiger partial charge in [-0.1, -0.05) is 6.92 Å². The molecule has 0 aliphatic heterocycles. The first-order valence-corrected chi connectivity index (χ1v) is 9.67. The SMILES string of the molecule is CCS(=O)(=O)c1ccc2nc(N(C)c3ccc(F)c(OC(F)(F)F)c3)[nH]c2c1. The molecule has 6 nitrogen and oxygen atoms in total. The van der Waals surface area contributed by atoms with Gasteiger partial charge in [-0.2, -0.15) is 0 Å². The highest BCUT2D eigenvalue weighted by Crippen LogP contribution is 2.32. The van der Waals surface area contributed by atoms with Crippen LogP contribution in [0.2, 0.25) is 0 Å². The van der Waals surface area contributed by atoms with Crippen LogP contribution in [0.4, 0.5) is 29.2 Å². The van der Waals surface area contributed by atoms with Crippen LogP contribution < -0.4 is 9.64 Å². The first-order chi connectivity index (χ1) is 13.0. The molecular formula is C17H15F4N3O3S. The highest BCUT2D eigenvalue weighted by Gasteiger charge is 2.32. The van der Waals surface area contributed by atoms with Crippen molar-refractivity contribution in [3.8, 4) is 5.75 Å². The molecule has 0 spiro atoms. The van der Waals surface area contributed by atoms with E-state index in [1.807, 2.05) is 0 Å². The van der Waals surface area contributed by atoms with Crippen molar-refractivity contribution in [1.29, 1.82) is 0 Å². The summed E-state index contributed by atoms with van der Waals surface area (Å²) in [6, 6.07) is 7.39. The molecule has 0 aliphatic rings. The van der Waals surface area contributed by atoms with Crippen LogP contribution in [0.1, 0.15) is 6.92 Å². The number of fused-ring (bicyclic) bond motifs is 1. The molecule has 0 atom stereocenters. The van der Waals surface area contributed by atoms with Crippen molar-refractivity contribution in [3.05, 3.63) is 42.2 Å². The molecule has 11 heteroatoms. The zero-order valence-electron chi connectivity index (χ0n) is 14.7. The minimum absolute atomic E-state index is 0.0586. The molecule has 0 aliphatic carbocycles. The lowest BCUT2D eigenvalue weighted by Gasteiger charge is -2.18. The quantitative estimate of drug-likeness (QED) is 0.631. The van der Waals surface area contributed by atoms with Gasteiger partial charge in [0.25, 0.3) is 0 Å². The predicted octanol–water partition coefficient (Wildman–Crippen LogP) is 4.16. The van der Waals surface area contributed by atoms with Gasteiger partial charge in [-0.05, 0) is 30.3 Å². The van der Waals surface area contributed by atoms with Crippen LogP contribution in [0.15, 0.2) is 41.3 Å². The Labute approximate surface area is 157 Å². The minimum atomic E-state index is -5.03. The summed E-state index contributed by atoms with van der Waals surface area (Å²) >= 11 is 0. The number of sulfone groups is 1. The number of anilines is 2. The molecule has 0 fully saturated rings. The summed E-state index contributed by atoms with van der Waals surface area (Å²) in [5.41, 5.74) is 1.08. The van der Waals surface area contributed by atoms with Crippen molar-refractivity contribution >= 4 is 32.5 Å². The fourth-order valence-corrected chi connectivity index (χ4v) is 3.43. The lowest BCUT2D eigenvalue weighted by molar-refractivity contribution is -0.275. The number of alkyl halides is 3. The van der Waals surface area contributed by atoms with Gasteiger partial charge in [0, 0.05) is 18.8 Å². The molecule has 2 aromatic carbocycles. The van der Waals surface area contributed by atoms with Crippen LogP contribution in [0.3, 0.4) is 0 Å². The number of rotatable bonds is 5. The standard InChI is InChI=1S/C17H15F4N3O3S/c1-3-28(25,26)11-5-7-13-14(9-11)23-16(22-13)24(2)10-4-6-12(18)15(8-10)27-17(19,20)21/h4-9H,3H2,1-2H3,(H,22,23). The van der Waals surface area contributed by atoms with Crippen LogP contribution >= 0.6 is 0 Å². The summed E-state index contributed by atoms with van der Waals surface area (Å²) in [6.07, 6.45) is -5.03. The third kappa shape index (κ3) is 4.03. The van der Waals surface area contributed by atoms with Crippen molar-refractivity contribution in [2.24, 2.45) is 0 Å². The van der Waals surface area contributed by atoms with Crippen LogP contribution in [0, 0.1) is 5.82 Å². The third-order valence-electron chi connectivity index (χ3n) is 4.03. The van der Waals surface area contributed by atoms with Gasteiger partial charge in [-0.3, -0.25) is 0 Å². The fraction of sp³-hybridized carbons (Fsp3) is 0.235.